The summed E-state index contributed by atoms with van der Waals surface area (Å²) in [6, 6.07) is 6.64. The maximum Gasteiger partial charge on any atom is 0.392 e. The molecule has 0 saturated heterocycles. The number of hydrogen-bond donors (Lipinski definition) is 0. The zero-order chi connectivity index (χ0) is 13.8. The Morgan fingerprint density at radius 1 is 1.17 bits per heavy atom. The number of rotatable bonds is 5. The van der Waals surface area contributed by atoms with Crippen LogP contribution in [0.1, 0.15) is 25.8 Å². The van der Waals surface area contributed by atoms with Crippen LogP contribution in [0.2, 0.25) is 0 Å². The molecule has 1 aromatic rings. The van der Waals surface area contributed by atoms with E-state index in [0.29, 0.717) is 17.9 Å². The molecule has 2 nitrogen and oxygen atoms in total. The van der Waals surface area contributed by atoms with Crippen molar-refractivity contribution in [1.82, 2.24) is 0 Å². The van der Waals surface area contributed by atoms with Crippen LogP contribution in [0.4, 0.5) is 13.2 Å². The molecule has 0 heterocycles. The van der Waals surface area contributed by atoms with Gasteiger partial charge in [0.15, 0.2) is 0 Å². The van der Waals surface area contributed by atoms with Crippen molar-refractivity contribution in [2.24, 2.45) is 0 Å². The maximum atomic E-state index is 12.6. The van der Waals surface area contributed by atoms with Crippen LogP contribution in [0.3, 0.4) is 0 Å². The van der Waals surface area contributed by atoms with E-state index in [2.05, 4.69) is 0 Å². The minimum absolute atomic E-state index is 0.392. The Morgan fingerprint density at radius 3 is 2.28 bits per heavy atom. The molecule has 0 aromatic heterocycles. The molecule has 0 spiro atoms. The van der Waals surface area contributed by atoms with Crippen molar-refractivity contribution >= 4 is 0 Å². The van der Waals surface area contributed by atoms with Crippen molar-refractivity contribution in [2.75, 3.05) is 13.7 Å². The van der Waals surface area contributed by atoms with Gasteiger partial charge in [0.1, 0.15) is 11.4 Å². The molecular weight excluding hydrogens is 245 g/mol. The fourth-order valence-corrected chi connectivity index (χ4v) is 1.84. The van der Waals surface area contributed by atoms with Crippen LogP contribution in [0.25, 0.3) is 0 Å². The molecule has 0 fully saturated rings. The summed E-state index contributed by atoms with van der Waals surface area (Å²) < 4.78 is 48.3. The van der Waals surface area contributed by atoms with Crippen LogP contribution >= 0.6 is 0 Å². The molecule has 0 N–H and O–H groups in total. The second-order valence-electron chi connectivity index (χ2n) is 4.16. The quantitative estimate of drug-likeness (QED) is 0.801. The topological polar surface area (TPSA) is 18.5 Å². The summed E-state index contributed by atoms with van der Waals surface area (Å²) >= 11 is 0. The third kappa shape index (κ3) is 3.63. The molecule has 0 radical (unpaired) electrons. The highest BCUT2D eigenvalue weighted by Gasteiger charge is 2.42. The van der Waals surface area contributed by atoms with E-state index in [4.69, 9.17) is 9.47 Å². The molecule has 1 unspecified atom stereocenters. The molecule has 102 valence electrons. The summed E-state index contributed by atoms with van der Waals surface area (Å²) in [6.07, 6.45) is -5.36. The van der Waals surface area contributed by atoms with Crippen molar-refractivity contribution in [3.05, 3.63) is 29.8 Å². The van der Waals surface area contributed by atoms with Crippen molar-refractivity contribution in [1.29, 1.82) is 0 Å². The molecule has 0 aliphatic rings. The van der Waals surface area contributed by atoms with Crippen molar-refractivity contribution in [3.63, 3.8) is 0 Å². The molecule has 18 heavy (non-hydrogen) atoms. The van der Waals surface area contributed by atoms with Gasteiger partial charge in [0.2, 0.25) is 0 Å². The normalized spacial score (nSPS) is 15.2. The molecule has 0 aliphatic heterocycles. The minimum Gasteiger partial charge on any atom is -0.493 e. The van der Waals surface area contributed by atoms with Crippen molar-refractivity contribution in [2.45, 2.75) is 32.0 Å². The van der Waals surface area contributed by atoms with Gasteiger partial charge in [-0.25, -0.2) is 0 Å². The number of hydrogen-bond acceptors (Lipinski definition) is 2. The average Bonchev–Trinajstić information content (AvgIpc) is 2.28. The Hall–Kier alpha value is -1.23. The Morgan fingerprint density at radius 2 is 1.78 bits per heavy atom. The number of ether oxygens (including phenoxy) is 2. The van der Waals surface area contributed by atoms with Gasteiger partial charge < -0.3 is 9.47 Å². The van der Waals surface area contributed by atoms with Gasteiger partial charge in [0, 0.05) is 12.7 Å². The zero-order valence-corrected chi connectivity index (χ0v) is 10.7. The summed E-state index contributed by atoms with van der Waals surface area (Å²) in [5.74, 6) is 0.425. The van der Waals surface area contributed by atoms with E-state index >= 15 is 0 Å². The lowest BCUT2D eigenvalue weighted by atomic mass is 9.91. The van der Waals surface area contributed by atoms with E-state index < -0.39 is 18.2 Å². The van der Waals surface area contributed by atoms with Gasteiger partial charge in [0.25, 0.3) is 0 Å². The molecule has 0 aliphatic carbocycles. The van der Waals surface area contributed by atoms with Crippen LogP contribution in [-0.2, 0) is 10.3 Å². The molecule has 1 atom stereocenters. The first-order chi connectivity index (χ1) is 8.32. The summed E-state index contributed by atoms with van der Waals surface area (Å²) in [7, 11) is 1.27. The summed E-state index contributed by atoms with van der Waals surface area (Å²) in [6.45, 7) is 3.59. The highest BCUT2D eigenvalue weighted by atomic mass is 19.4. The standard InChI is InChI=1S/C13H17F3O2/c1-4-18-11-8-6-5-7-10(11)12(2,17-3)9-13(14,15)16/h5-8H,4,9H2,1-3H3. The predicted molar refractivity (Wildman–Crippen MR) is 62.6 cm³/mol. The number of para-hydroxylation sites is 1. The van der Waals surface area contributed by atoms with E-state index in [1.165, 1.54) is 14.0 Å². The molecule has 0 saturated carbocycles. The molecule has 0 bridgehead atoms. The number of halogens is 3. The molecule has 5 heteroatoms. The van der Waals surface area contributed by atoms with Gasteiger partial charge in [-0.3, -0.25) is 0 Å². The third-order valence-electron chi connectivity index (χ3n) is 2.74. The van der Waals surface area contributed by atoms with Crippen LogP contribution in [-0.4, -0.2) is 19.9 Å². The Labute approximate surface area is 105 Å². The lowest BCUT2D eigenvalue weighted by molar-refractivity contribution is -0.182. The second-order valence-corrected chi connectivity index (χ2v) is 4.16. The minimum atomic E-state index is -4.30. The van der Waals surface area contributed by atoms with Gasteiger partial charge in [-0.2, -0.15) is 13.2 Å². The zero-order valence-electron chi connectivity index (χ0n) is 10.7. The van der Waals surface area contributed by atoms with Crippen LogP contribution < -0.4 is 4.74 Å². The van der Waals surface area contributed by atoms with Crippen molar-refractivity contribution < 1.29 is 22.6 Å². The largest absolute Gasteiger partial charge is 0.493 e. The van der Waals surface area contributed by atoms with E-state index in [0.717, 1.165) is 0 Å². The monoisotopic (exact) mass is 262 g/mol. The van der Waals surface area contributed by atoms with Gasteiger partial charge in [0.05, 0.1) is 13.0 Å². The highest BCUT2D eigenvalue weighted by Crippen LogP contribution is 2.40. The molecule has 0 amide bonds. The average molecular weight is 262 g/mol. The molecule has 1 rings (SSSR count). The maximum absolute atomic E-state index is 12.6. The van der Waals surface area contributed by atoms with Gasteiger partial charge in [-0.15, -0.1) is 0 Å². The SMILES string of the molecule is CCOc1ccccc1C(C)(CC(F)(F)F)OC. The van der Waals surface area contributed by atoms with Gasteiger partial charge in [-0.1, -0.05) is 18.2 Å². The van der Waals surface area contributed by atoms with E-state index in [9.17, 15) is 13.2 Å². The smallest absolute Gasteiger partial charge is 0.392 e. The predicted octanol–water partition coefficient (Wildman–Crippen LogP) is 3.90. The first-order valence-electron chi connectivity index (χ1n) is 5.66. The van der Waals surface area contributed by atoms with Crippen LogP contribution in [0.5, 0.6) is 5.75 Å². The van der Waals surface area contributed by atoms with E-state index in [1.54, 1.807) is 31.2 Å². The Bertz CT molecular complexity index is 390. The first kappa shape index (κ1) is 14.8. The Kier molecular flexibility index (Phi) is 4.62. The molecular formula is C13H17F3O2. The van der Waals surface area contributed by atoms with E-state index in [-0.39, 0.29) is 0 Å². The first-order valence-corrected chi connectivity index (χ1v) is 5.66. The van der Waals surface area contributed by atoms with Crippen LogP contribution in [0.15, 0.2) is 24.3 Å². The molecule has 1 aromatic carbocycles. The Balaban J connectivity index is 3.14. The summed E-state index contributed by atoms with van der Waals surface area (Å²) in [4.78, 5) is 0. The number of alkyl halides is 3. The highest BCUT2D eigenvalue weighted by molar-refractivity contribution is 5.38. The third-order valence-corrected chi connectivity index (χ3v) is 2.74. The number of benzene rings is 1. The summed E-state index contributed by atoms with van der Waals surface area (Å²) in [5.41, 5.74) is -1.03. The van der Waals surface area contributed by atoms with Gasteiger partial charge >= 0.3 is 6.18 Å². The fraction of sp³-hybridized carbons (Fsp3) is 0.538. The summed E-state index contributed by atoms with van der Waals surface area (Å²) in [5, 5.41) is 0. The lowest BCUT2D eigenvalue weighted by Gasteiger charge is -2.31. The second kappa shape index (κ2) is 5.61. The van der Waals surface area contributed by atoms with Crippen molar-refractivity contribution in [3.8, 4) is 5.75 Å². The lowest BCUT2D eigenvalue weighted by Crippen LogP contribution is -2.31. The number of methoxy groups -OCH3 is 1. The van der Waals surface area contributed by atoms with Gasteiger partial charge in [-0.05, 0) is 19.9 Å². The van der Waals surface area contributed by atoms with E-state index in [1.807, 2.05) is 0 Å². The fourth-order valence-electron chi connectivity index (χ4n) is 1.84. The van der Waals surface area contributed by atoms with Crippen LogP contribution in [0, 0.1) is 0 Å².